The van der Waals surface area contributed by atoms with E-state index in [1.807, 2.05) is 39.0 Å². The van der Waals surface area contributed by atoms with E-state index in [2.05, 4.69) is 10.1 Å². The maximum atomic E-state index is 12.2. The molecular weight excluding hydrogens is 326 g/mol. The number of benzene rings is 1. The van der Waals surface area contributed by atoms with E-state index >= 15 is 0 Å². The van der Waals surface area contributed by atoms with Crippen LogP contribution in [0.1, 0.15) is 32.7 Å². The summed E-state index contributed by atoms with van der Waals surface area (Å²) in [4.78, 5) is 16.7. The number of ether oxygens (including phenoxy) is 1. The van der Waals surface area contributed by atoms with Crippen molar-refractivity contribution in [2.24, 2.45) is 7.05 Å². The Balaban J connectivity index is 1.85. The van der Waals surface area contributed by atoms with Gasteiger partial charge in [0.15, 0.2) is 0 Å². The Kier molecular flexibility index (Phi) is 4.28. The summed E-state index contributed by atoms with van der Waals surface area (Å²) in [5.74, 6) is -0.420. The summed E-state index contributed by atoms with van der Waals surface area (Å²) >= 11 is 6.27. The Hall–Kier alpha value is -2.40. The first-order valence-corrected chi connectivity index (χ1v) is 7.97. The van der Waals surface area contributed by atoms with Crippen molar-refractivity contribution >= 4 is 28.5 Å². The van der Waals surface area contributed by atoms with E-state index in [4.69, 9.17) is 16.3 Å². The molecule has 3 aromatic rings. The number of fused-ring (bicyclic) bond motifs is 1. The highest BCUT2D eigenvalue weighted by atomic mass is 35.5. The fraction of sp³-hybridized carbons (Fsp3) is 0.278. The fourth-order valence-corrected chi connectivity index (χ4v) is 2.72. The topological polar surface area (TPSA) is 57.0 Å². The molecule has 5 nitrogen and oxygen atoms in total. The molecule has 0 spiro atoms. The molecule has 0 bridgehead atoms. The lowest BCUT2D eigenvalue weighted by atomic mass is 10.0. The lowest BCUT2D eigenvalue weighted by Gasteiger charge is -2.10. The molecule has 0 radical (unpaired) electrons. The highest BCUT2D eigenvalue weighted by molar-refractivity contribution is 6.30. The molecule has 124 valence electrons. The summed E-state index contributed by atoms with van der Waals surface area (Å²) in [6.45, 7) is 5.95. The van der Waals surface area contributed by atoms with Crippen molar-refractivity contribution in [3.63, 3.8) is 0 Å². The molecule has 0 atom stereocenters. The highest BCUT2D eigenvalue weighted by Crippen LogP contribution is 2.25. The third-order valence-electron chi connectivity index (χ3n) is 4.35. The minimum absolute atomic E-state index is 0.0713. The normalized spacial score (nSPS) is 11.0. The van der Waals surface area contributed by atoms with Gasteiger partial charge >= 0.3 is 5.97 Å². The van der Waals surface area contributed by atoms with Crippen molar-refractivity contribution in [2.45, 2.75) is 27.4 Å². The van der Waals surface area contributed by atoms with Gasteiger partial charge in [-0.1, -0.05) is 23.7 Å². The number of esters is 1. The first-order chi connectivity index (χ1) is 11.4. The second-order valence-electron chi connectivity index (χ2n) is 5.86. The van der Waals surface area contributed by atoms with Gasteiger partial charge in [0.25, 0.3) is 0 Å². The van der Waals surface area contributed by atoms with Crippen LogP contribution < -0.4 is 0 Å². The Morgan fingerprint density at radius 3 is 2.71 bits per heavy atom. The summed E-state index contributed by atoms with van der Waals surface area (Å²) in [6, 6.07) is 5.96. The third kappa shape index (κ3) is 2.87. The molecule has 0 saturated heterocycles. The Morgan fingerprint density at radius 1 is 1.29 bits per heavy atom. The van der Waals surface area contributed by atoms with Gasteiger partial charge in [-0.2, -0.15) is 5.10 Å². The standard InChI is InChI=1S/C18H18ClN3O2/c1-10-5-6-13-7-14(17(19)21-16(13)11(10)2)9-24-18(23)15-8-20-22(4)12(15)3/h5-8H,9H2,1-4H3. The van der Waals surface area contributed by atoms with E-state index in [1.165, 1.54) is 6.20 Å². The molecule has 3 rings (SSSR count). The molecule has 0 aliphatic rings. The quantitative estimate of drug-likeness (QED) is 0.534. The van der Waals surface area contributed by atoms with Crippen molar-refractivity contribution in [1.82, 2.24) is 14.8 Å². The van der Waals surface area contributed by atoms with Crippen molar-refractivity contribution in [3.8, 4) is 0 Å². The zero-order valence-electron chi connectivity index (χ0n) is 14.1. The molecule has 0 aliphatic carbocycles. The minimum Gasteiger partial charge on any atom is -0.457 e. The van der Waals surface area contributed by atoms with E-state index in [0.29, 0.717) is 16.3 Å². The van der Waals surface area contributed by atoms with Crippen LogP contribution >= 0.6 is 11.6 Å². The molecule has 0 N–H and O–H groups in total. The van der Waals surface area contributed by atoms with Crippen LogP contribution in [0.15, 0.2) is 24.4 Å². The monoisotopic (exact) mass is 343 g/mol. The number of aromatic nitrogens is 3. The molecule has 0 aliphatic heterocycles. The van der Waals surface area contributed by atoms with Gasteiger partial charge in [0.2, 0.25) is 0 Å². The molecule has 24 heavy (non-hydrogen) atoms. The number of nitrogens with zero attached hydrogens (tertiary/aromatic N) is 3. The van der Waals surface area contributed by atoms with Gasteiger partial charge in [-0.15, -0.1) is 0 Å². The van der Waals surface area contributed by atoms with Crippen LogP contribution in [0.2, 0.25) is 5.15 Å². The maximum absolute atomic E-state index is 12.2. The molecule has 0 saturated carbocycles. The second-order valence-corrected chi connectivity index (χ2v) is 6.22. The number of hydrogen-bond acceptors (Lipinski definition) is 4. The van der Waals surface area contributed by atoms with Crippen LogP contribution in [0.25, 0.3) is 10.9 Å². The number of hydrogen-bond donors (Lipinski definition) is 0. The lowest BCUT2D eigenvalue weighted by molar-refractivity contribution is 0.0471. The van der Waals surface area contributed by atoms with Crippen LogP contribution in [-0.2, 0) is 18.4 Å². The number of carbonyl (C=O) groups excluding carboxylic acids is 1. The predicted molar refractivity (Wildman–Crippen MR) is 93.3 cm³/mol. The van der Waals surface area contributed by atoms with Crippen LogP contribution in [0.4, 0.5) is 0 Å². The number of rotatable bonds is 3. The number of pyridine rings is 1. The summed E-state index contributed by atoms with van der Waals surface area (Å²) in [5, 5.41) is 5.38. The van der Waals surface area contributed by atoms with Gasteiger partial charge in [-0.3, -0.25) is 4.68 Å². The van der Waals surface area contributed by atoms with Gasteiger partial charge in [0.1, 0.15) is 17.3 Å². The second kappa shape index (κ2) is 6.24. The summed E-state index contributed by atoms with van der Waals surface area (Å²) in [6.07, 6.45) is 1.50. The molecule has 0 amide bonds. The summed E-state index contributed by atoms with van der Waals surface area (Å²) in [5.41, 5.74) is 5.03. The largest absolute Gasteiger partial charge is 0.457 e. The van der Waals surface area contributed by atoms with Crippen molar-refractivity contribution in [3.05, 3.63) is 57.5 Å². The van der Waals surface area contributed by atoms with Crippen molar-refractivity contribution in [1.29, 1.82) is 0 Å². The van der Waals surface area contributed by atoms with E-state index in [9.17, 15) is 4.79 Å². The van der Waals surface area contributed by atoms with Crippen LogP contribution in [0.3, 0.4) is 0 Å². The Bertz CT molecular complexity index is 947. The van der Waals surface area contributed by atoms with E-state index < -0.39 is 5.97 Å². The summed E-state index contributed by atoms with van der Waals surface area (Å²) in [7, 11) is 1.78. The van der Waals surface area contributed by atoms with Crippen molar-refractivity contribution in [2.75, 3.05) is 0 Å². The minimum atomic E-state index is -0.420. The average molecular weight is 344 g/mol. The third-order valence-corrected chi connectivity index (χ3v) is 4.68. The predicted octanol–water partition coefficient (Wildman–Crippen LogP) is 3.90. The van der Waals surface area contributed by atoms with Gasteiger partial charge in [-0.05, 0) is 38.0 Å². The number of halogens is 1. The van der Waals surface area contributed by atoms with Gasteiger partial charge < -0.3 is 4.74 Å². The van der Waals surface area contributed by atoms with Crippen molar-refractivity contribution < 1.29 is 9.53 Å². The first-order valence-electron chi connectivity index (χ1n) is 7.59. The molecule has 6 heteroatoms. The molecule has 0 unspecified atom stereocenters. The van der Waals surface area contributed by atoms with E-state index in [-0.39, 0.29) is 6.61 Å². The average Bonchev–Trinajstić information content (AvgIpc) is 2.89. The lowest BCUT2D eigenvalue weighted by Crippen LogP contribution is -2.07. The molecule has 2 heterocycles. The zero-order valence-corrected chi connectivity index (χ0v) is 14.8. The van der Waals surface area contributed by atoms with Crippen LogP contribution in [0.5, 0.6) is 0 Å². The molecule has 2 aromatic heterocycles. The number of carbonyl (C=O) groups is 1. The SMILES string of the molecule is Cc1ccc2cc(COC(=O)c3cnn(C)c3C)c(Cl)nc2c1C. The zero-order chi connectivity index (χ0) is 17.4. The van der Waals surface area contributed by atoms with Gasteiger partial charge in [0.05, 0.1) is 11.7 Å². The van der Waals surface area contributed by atoms with E-state index in [0.717, 1.165) is 27.7 Å². The first kappa shape index (κ1) is 16.5. The van der Waals surface area contributed by atoms with Gasteiger partial charge in [0, 0.05) is 23.7 Å². The van der Waals surface area contributed by atoms with Gasteiger partial charge in [-0.25, -0.2) is 9.78 Å². The van der Waals surface area contributed by atoms with Crippen LogP contribution in [-0.4, -0.2) is 20.7 Å². The Labute approximate surface area is 145 Å². The van der Waals surface area contributed by atoms with E-state index in [1.54, 1.807) is 11.7 Å². The fourth-order valence-electron chi connectivity index (χ4n) is 2.53. The highest BCUT2D eigenvalue weighted by Gasteiger charge is 2.16. The Morgan fingerprint density at radius 2 is 2.04 bits per heavy atom. The smallest absolute Gasteiger partial charge is 0.341 e. The molecule has 1 aromatic carbocycles. The summed E-state index contributed by atoms with van der Waals surface area (Å²) < 4.78 is 7.01. The van der Waals surface area contributed by atoms with Crippen LogP contribution in [0, 0.1) is 20.8 Å². The number of aryl methyl sites for hydroxylation is 3. The molecule has 0 fully saturated rings. The maximum Gasteiger partial charge on any atom is 0.341 e. The molecular formula is C18H18ClN3O2.